The Hall–Kier alpha value is -1.92. The number of amides is 1. The van der Waals surface area contributed by atoms with E-state index >= 15 is 0 Å². The topological polar surface area (TPSA) is 79.3 Å². The lowest BCUT2D eigenvalue weighted by Gasteiger charge is -2.03. The monoisotopic (exact) mass is 310 g/mol. The molecular formula is C13H11ClN2O3S. The molecular weight excluding hydrogens is 300 g/mol. The summed E-state index contributed by atoms with van der Waals surface area (Å²) in [5, 5.41) is 12.6. The van der Waals surface area contributed by atoms with E-state index in [0.29, 0.717) is 21.4 Å². The van der Waals surface area contributed by atoms with Gasteiger partial charge in [0.2, 0.25) is 5.91 Å². The average molecular weight is 311 g/mol. The number of nitrogens with zero attached hydrogens (tertiary/aromatic N) is 1. The molecule has 0 saturated heterocycles. The molecule has 0 fully saturated rings. The van der Waals surface area contributed by atoms with Crippen molar-refractivity contribution in [2.75, 3.05) is 5.32 Å². The Kier molecular flexibility index (Phi) is 4.36. The summed E-state index contributed by atoms with van der Waals surface area (Å²) < 4.78 is 0. The zero-order valence-electron chi connectivity index (χ0n) is 10.5. The molecule has 0 saturated carbocycles. The van der Waals surface area contributed by atoms with Gasteiger partial charge in [-0.05, 0) is 25.1 Å². The van der Waals surface area contributed by atoms with Gasteiger partial charge in [-0.15, -0.1) is 11.3 Å². The van der Waals surface area contributed by atoms with Gasteiger partial charge in [-0.2, -0.15) is 0 Å². The number of carbonyl (C=O) groups is 2. The lowest BCUT2D eigenvalue weighted by Crippen LogP contribution is -2.14. The van der Waals surface area contributed by atoms with E-state index in [1.165, 1.54) is 0 Å². The summed E-state index contributed by atoms with van der Waals surface area (Å²) in [7, 11) is 0. The minimum Gasteiger partial charge on any atom is -0.477 e. The van der Waals surface area contributed by atoms with Gasteiger partial charge in [-0.1, -0.05) is 17.7 Å². The van der Waals surface area contributed by atoms with Crippen LogP contribution in [0.4, 0.5) is 5.69 Å². The number of carbonyl (C=O) groups excluding carboxylic acids is 1. The summed E-state index contributed by atoms with van der Waals surface area (Å²) in [6.45, 7) is 1.61. The van der Waals surface area contributed by atoms with Crippen LogP contribution in [-0.2, 0) is 11.2 Å². The van der Waals surface area contributed by atoms with E-state index in [1.807, 2.05) is 0 Å². The number of hydrogen-bond acceptors (Lipinski definition) is 4. The number of halogens is 1. The highest BCUT2D eigenvalue weighted by Gasteiger charge is 2.16. The molecule has 0 bridgehead atoms. The standard InChI is InChI=1S/C13H11ClN2O3S/c1-7-12(13(18)19)20-11(15-7)6-10(17)16-9-4-2-3-8(14)5-9/h2-5H,6H2,1H3,(H,16,17)(H,18,19). The number of carboxylic acid groups (broad SMARTS) is 1. The number of aromatic nitrogens is 1. The number of aromatic carboxylic acids is 1. The first kappa shape index (κ1) is 14.5. The number of thiazole rings is 1. The number of anilines is 1. The lowest BCUT2D eigenvalue weighted by atomic mass is 10.3. The van der Waals surface area contributed by atoms with Crippen LogP contribution in [0.1, 0.15) is 20.4 Å². The quantitative estimate of drug-likeness (QED) is 0.910. The highest BCUT2D eigenvalue weighted by Crippen LogP contribution is 2.19. The van der Waals surface area contributed by atoms with Crippen molar-refractivity contribution < 1.29 is 14.7 Å². The number of carboxylic acids is 1. The van der Waals surface area contributed by atoms with Gasteiger partial charge in [0.05, 0.1) is 12.1 Å². The zero-order chi connectivity index (χ0) is 14.7. The molecule has 1 aromatic heterocycles. The smallest absolute Gasteiger partial charge is 0.347 e. The summed E-state index contributed by atoms with van der Waals surface area (Å²) in [5.74, 6) is -1.29. The maximum absolute atomic E-state index is 11.8. The van der Waals surface area contributed by atoms with Crippen LogP contribution >= 0.6 is 22.9 Å². The van der Waals surface area contributed by atoms with Crippen LogP contribution < -0.4 is 5.32 Å². The Balaban J connectivity index is 2.05. The fourth-order valence-electron chi connectivity index (χ4n) is 1.64. The molecule has 0 aliphatic heterocycles. The third-order valence-corrected chi connectivity index (χ3v) is 3.84. The molecule has 2 N–H and O–H groups in total. The van der Waals surface area contributed by atoms with Gasteiger partial charge in [0, 0.05) is 10.7 Å². The van der Waals surface area contributed by atoms with Crippen molar-refractivity contribution in [3.8, 4) is 0 Å². The first-order valence-corrected chi connectivity index (χ1v) is 6.90. The normalized spacial score (nSPS) is 10.3. The lowest BCUT2D eigenvalue weighted by molar-refractivity contribution is -0.115. The van der Waals surface area contributed by atoms with Crippen LogP contribution in [-0.4, -0.2) is 22.0 Å². The van der Waals surface area contributed by atoms with Gasteiger partial charge in [0.1, 0.15) is 9.88 Å². The van der Waals surface area contributed by atoms with Crippen LogP contribution in [0.15, 0.2) is 24.3 Å². The summed E-state index contributed by atoms with van der Waals surface area (Å²) >= 11 is 6.83. The van der Waals surface area contributed by atoms with Crippen molar-refractivity contribution in [1.82, 2.24) is 4.98 Å². The van der Waals surface area contributed by atoms with Gasteiger partial charge in [-0.3, -0.25) is 4.79 Å². The third-order valence-electron chi connectivity index (χ3n) is 2.46. The van der Waals surface area contributed by atoms with Crippen molar-refractivity contribution in [2.24, 2.45) is 0 Å². The van der Waals surface area contributed by atoms with Gasteiger partial charge in [0.15, 0.2) is 0 Å². The average Bonchev–Trinajstić information content (AvgIpc) is 2.70. The van der Waals surface area contributed by atoms with Crippen molar-refractivity contribution in [3.63, 3.8) is 0 Å². The fourth-order valence-corrected chi connectivity index (χ4v) is 2.73. The molecule has 0 spiro atoms. The Morgan fingerprint density at radius 3 is 2.80 bits per heavy atom. The molecule has 2 rings (SSSR count). The number of aryl methyl sites for hydroxylation is 1. The zero-order valence-corrected chi connectivity index (χ0v) is 12.1. The molecule has 7 heteroatoms. The minimum atomic E-state index is -1.03. The number of benzene rings is 1. The van der Waals surface area contributed by atoms with E-state index < -0.39 is 5.97 Å². The van der Waals surface area contributed by atoms with E-state index in [9.17, 15) is 9.59 Å². The van der Waals surface area contributed by atoms with Gasteiger partial charge < -0.3 is 10.4 Å². The molecule has 1 aromatic carbocycles. The Morgan fingerprint density at radius 2 is 2.20 bits per heavy atom. The van der Waals surface area contributed by atoms with Crippen LogP contribution in [0.25, 0.3) is 0 Å². The van der Waals surface area contributed by atoms with E-state index in [0.717, 1.165) is 11.3 Å². The number of rotatable bonds is 4. The maximum Gasteiger partial charge on any atom is 0.347 e. The molecule has 104 valence electrons. The van der Waals surface area contributed by atoms with Crippen LogP contribution in [0.3, 0.4) is 0 Å². The SMILES string of the molecule is Cc1nc(CC(=O)Nc2cccc(Cl)c2)sc1C(=O)O. The first-order chi connectivity index (χ1) is 9.45. The highest BCUT2D eigenvalue weighted by molar-refractivity contribution is 7.13. The summed E-state index contributed by atoms with van der Waals surface area (Å²) in [4.78, 5) is 27.0. The van der Waals surface area contributed by atoms with Gasteiger partial charge in [0.25, 0.3) is 0 Å². The number of hydrogen-bond donors (Lipinski definition) is 2. The molecule has 0 radical (unpaired) electrons. The second-order valence-electron chi connectivity index (χ2n) is 4.06. The number of nitrogens with one attached hydrogen (secondary N) is 1. The predicted molar refractivity (Wildman–Crippen MR) is 77.6 cm³/mol. The van der Waals surface area contributed by atoms with Crippen molar-refractivity contribution >= 4 is 40.5 Å². The van der Waals surface area contributed by atoms with Crippen LogP contribution in [0, 0.1) is 6.92 Å². The molecule has 0 aliphatic carbocycles. The maximum atomic E-state index is 11.8. The molecule has 0 atom stereocenters. The Bertz CT molecular complexity index is 669. The van der Waals surface area contributed by atoms with Crippen LogP contribution in [0.5, 0.6) is 0 Å². The molecule has 0 unspecified atom stereocenters. The third kappa shape index (κ3) is 3.55. The molecule has 20 heavy (non-hydrogen) atoms. The Morgan fingerprint density at radius 1 is 1.45 bits per heavy atom. The fraction of sp³-hybridized carbons (Fsp3) is 0.154. The first-order valence-electron chi connectivity index (χ1n) is 5.70. The van der Waals surface area contributed by atoms with E-state index in [1.54, 1.807) is 31.2 Å². The molecule has 2 aromatic rings. The minimum absolute atomic E-state index is 0.0330. The summed E-state index contributed by atoms with van der Waals surface area (Å²) in [6, 6.07) is 6.79. The second-order valence-corrected chi connectivity index (χ2v) is 5.58. The van der Waals surface area contributed by atoms with E-state index in [-0.39, 0.29) is 17.2 Å². The van der Waals surface area contributed by atoms with Crippen molar-refractivity contribution in [1.29, 1.82) is 0 Å². The van der Waals surface area contributed by atoms with Gasteiger partial charge >= 0.3 is 5.97 Å². The van der Waals surface area contributed by atoms with Crippen molar-refractivity contribution in [2.45, 2.75) is 13.3 Å². The predicted octanol–water partition coefficient (Wildman–Crippen LogP) is 2.98. The molecule has 1 heterocycles. The highest BCUT2D eigenvalue weighted by atomic mass is 35.5. The largest absolute Gasteiger partial charge is 0.477 e. The van der Waals surface area contributed by atoms with Gasteiger partial charge in [-0.25, -0.2) is 9.78 Å². The summed E-state index contributed by atoms with van der Waals surface area (Å²) in [6.07, 6.45) is 0.0330. The van der Waals surface area contributed by atoms with E-state index in [2.05, 4.69) is 10.3 Å². The molecule has 5 nitrogen and oxygen atoms in total. The summed E-state index contributed by atoms with van der Waals surface area (Å²) in [5.41, 5.74) is 1.02. The molecule has 1 amide bonds. The van der Waals surface area contributed by atoms with Crippen LogP contribution in [0.2, 0.25) is 5.02 Å². The Labute approximate surface area is 124 Å². The van der Waals surface area contributed by atoms with Crippen molar-refractivity contribution in [3.05, 3.63) is 44.9 Å². The second kappa shape index (κ2) is 6.02. The van der Waals surface area contributed by atoms with E-state index in [4.69, 9.17) is 16.7 Å². The molecule has 0 aliphatic rings.